The van der Waals surface area contributed by atoms with E-state index in [1.54, 1.807) is 24.4 Å². The van der Waals surface area contributed by atoms with E-state index in [0.29, 0.717) is 24.3 Å². The Bertz CT molecular complexity index is 997. The van der Waals surface area contributed by atoms with Crippen molar-refractivity contribution in [3.8, 4) is 0 Å². The largest absolute Gasteiger partial charge is 0.452 e. The van der Waals surface area contributed by atoms with Crippen LogP contribution in [0.2, 0.25) is 0 Å². The van der Waals surface area contributed by atoms with E-state index in [1.165, 1.54) is 12.1 Å². The molecule has 0 atom stereocenters. The molecule has 3 N–H and O–H groups in total. The summed E-state index contributed by atoms with van der Waals surface area (Å²) < 4.78 is 5.05. The van der Waals surface area contributed by atoms with Crippen molar-refractivity contribution in [3.63, 3.8) is 0 Å². The van der Waals surface area contributed by atoms with Gasteiger partial charge in [0.1, 0.15) is 0 Å². The number of hydrogen-bond acceptors (Lipinski definition) is 6. The molecule has 0 spiro atoms. The number of hydrogen-bond donors (Lipinski definition) is 3. The van der Waals surface area contributed by atoms with Crippen molar-refractivity contribution < 1.29 is 19.2 Å². The van der Waals surface area contributed by atoms with Gasteiger partial charge >= 0.3 is 5.97 Å². The number of anilines is 1. The molecule has 0 saturated carbocycles. The number of nitro groups is 1. The van der Waals surface area contributed by atoms with Gasteiger partial charge in [0.15, 0.2) is 6.61 Å². The van der Waals surface area contributed by atoms with Crippen molar-refractivity contribution >= 4 is 34.2 Å². The molecule has 0 bridgehead atoms. The Morgan fingerprint density at radius 2 is 1.82 bits per heavy atom. The lowest BCUT2D eigenvalue weighted by Crippen LogP contribution is -2.32. The predicted molar refractivity (Wildman–Crippen MR) is 103 cm³/mol. The van der Waals surface area contributed by atoms with Crippen LogP contribution in [0, 0.1) is 10.1 Å². The Morgan fingerprint density at radius 1 is 1.07 bits per heavy atom. The molecule has 9 nitrogen and oxygen atoms in total. The Kier molecular flexibility index (Phi) is 5.85. The maximum absolute atomic E-state index is 12.1. The molecular weight excluding hydrogens is 364 g/mol. The Morgan fingerprint density at radius 3 is 2.57 bits per heavy atom. The third-order valence-electron chi connectivity index (χ3n) is 4.00. The third-order valence-corrected chi connectivity index (χ3v) is 4.00. The lowest BCUT2D eigenvalue weighted by molar-refractivity contribution is -0.384. The maximum Gasteiger partial charge on any atom is 0.340 e. The van der Waals surface area contributed by atoms with Gasteiger partial charge in [-0.05, 0) is 18.2 Å². The van der Waals surface area contributed by atoms with Gasteiger partial charge in [-0.2, -0.15) is 0 Å². The number of H-pyrrole nitrogens is 1. The Labute approximate surface area is 159 Å². The summed E-state index contributed by atoms with van der Waals surface area (Å²) in [5.74, 6) is -0.990. The van der Waals surface area contributed by atoms with Crippen molar-refractivity contribution in [2.45, 2.75) is 0 Å². The van der Waals surface area contributed by atoms with Gasteiger partial charge in [0, 0.05) is 48.0 Å². The second-order valence-electron chi connectivity index (χ2n) is 5.90. The predicted octanol–water partition coefficient (Wildman–Crippen LogP) is 2.46. The van der Waals surface area contributed by atoms with E-state index in [1.807, 2.05) is 18.2 Å². The number of non-ortho nitro benzene ring substituents is 1. The minimum Gasteiger partial charge on any atom is -0.452 e. The summed E-state index contributed by atoms with van der Waals surface area (Å²) in [5, 5.41) is 17.0. The minimum absolute atomic E-state index is 0.0101. The summed E-state index contributed by atoms with van der Waals surface area (Å²) in [6.45, 7) is 0.344. The summed E-state index contributed by atoms with van der Waals surface area (Å²) in [6.07, 6.45) is 1.55. The highest BCUT2D eigenvalue weighted by molar-refractivity contribution is 6.04. The van der Waals surface area contributed by atoms with Crippen molar-refractivity contribution in [1.29, 1.82) is 0 Å². The van der Waals surface area contributed by atoms with Crippen LogP contribution in [0.4, 0.5) is 11.4 Å². The summed E-state index contributed by atoms with van der Waals surface area (Å²) in [6, 6.07) is 13.3. The number of esters is 1. The molecule has 1 heterocycles. The fraction of sp³-hybridized carbons (Fsp3) is 0.158. The molecule has 0 saturated heterocycles. The van der Waals surface area contributed by atoms with Crippen LogP contribution in [-0.2, 0) is 9.53 Å². The molecule has 1 aromatic heterocycles. The minimum atomic E-state index is -0.573. The average Bonchev–Trinajstić information content (AvgIpc) is 3.14. The molecule has 0 radical (unpaired) electrons. The van der Waals surface area contributed by atoms with E-state index >= 15 is 0 Å². The monoisotopic (exact) mass is 382 g/mol. The number of aromatic nitrogens is 1. The first kappa shape index (κ1) is 18.9. The van der Waals surface area contributed by atoms with Crippen molar-refractivity contribution in [2.24, 2.45) is 0 Å². The van der Waals surface area contributed by atoms with E-state index in [2.05, 4.69) is 15.6 Å². The number of nitrogens with zero attached hydrogens (tertiary/aromatic N) is 1. The highest BCUT2D eigenvalue weighted by Crippen LogP contribution is 2.18. The van der Waals surface area contributed by atoms with Crippen LogP contribution in [0.15, 0.2) is 54.7 Å². The van der Waals surface area contributed by atoms with E-state index in [9.17, 15) is 19.7 Å². The number of carbonyl (C=O) groups excluding carboxylic acids is 2. The SMILES string of the molecule is O=C(COC(=O)c1c[nH]c2ccccc12)NCCNc1ccc([N+](=O)[O-])cc1. The first-order chi connectivity index (χ1) is 13.5. The molecule has 28 heavy (non-hydrogen) atoms. The van der Waals surface area contributed by atoms with Crippen LogP contribution < -0.4 is 10.6 Å². The molecule has 0 aliphatic carbocycles. The van der Waals surface area contributed by atoms with Gasteiger partial charge in [0.2, 0.25) is 0 Å². The highest BCUT2D eigenvalue weighted by Gasteiger charge is 2.14. The van der Waals surface area contributed by atoms with Gasteiger partial charge < -0.3 is 20.4 Å². The van der Waals surface area contributed by atoms with Crippen LogP contribution >= 0.6 is 0 Å². The second-order valence-corrected chi connectivity index (χ2v) is 5.90. The smallest absolute Gasteiger partial charge is 0.340 e. The first-order valence-electron chi connectivity index (χ1n) is 8.53. The molecule has 2 aromatic carbocycles. The number of aromatic amines is 1. The van der Waals surface area contributed by atoms with Gasteiger partial charge in [-0.25, -0.2) is 4.79 Å². The molecule has 3 rings (SSSR count). The summed E-state index contributed by atoms with van der Waals surface area (Å²) in [7, 11) is 0. The molecule has 144 valence electrons. The van der Waals surface area contributed by atoms with Crippen LogP contribution in [0.25, 0.3) is 10.9 Å². The molecule has 0 fully saturated rings. The van der Waals surface area contributed by atoms with Crippen molar-refractivity contribution in [2.75, 3.05) is 25.0 Å². The summed E-state index contributed by atoms with van der Waals surface area (Å²) in [4.78, 5) is 37.0. The van der Waals surface area contributed by atoms with Crippen molar-refractivity contribution in [1.82, 2.24) is 10.3 Å². The lowest BCUT2D eigenvalue weighted by Gasteiger charge is -2.08. The number of amides is 1. The number of nitro benzene ring substituents is 1. The zero-order valence-electron chi connectivity index (χ0n) is 14.8. The highest BCUT2D eigenvalue weighted by atomic mass is 16.6. The number of fused-ring (bicyclic) bond motifs is 1. The van der Waals surface area contributed by atoms with E-state index < -0.39 is 16.8 Å². The molecule has 0 unspecified atom stereocenters. The zero-order chi connectivity index (χ0) is 19.9. The van der Waals surface area contributed by atoms with Crippen LogP contribution in [-0.4, -0.2) is 41.5 Å². The number of ether oxygens (including phenoxy) is 1. The topological polar surface area (TPSA) is 126 Å². The first-order valence-corrected chi connectivity index (χ1v) is 8.53. The van der Waals surface area contributed by atoms with Gasteiger partial charge in [-0.1, -0.05) is 18.2 Å². The van der Waals surface area contributed by atoms with Crippen LogP contribution in [0.3, 0.4) is 0 Å². The number of carbonyl (C=O) groups is 2. The number of para-hydroxylation sites is 1. The van der Waals surface area contributed by atoms with Gasteiger partial charge in [0.25, 0.3) is 11.6 Å². The lowest BCUT2D eigenvalue weighted by atomic mass is 10.2. The van der Waals surface area contributed by atoms with Gasteiger partial charge in [-0.15, -0.1) is 0 Å². The standard InChI is InChI=1S/C19H18N4O5/c24-18(21-10-9-20-13-5-7-14(8-6-13)23(26)27)12-28-19(25)16-11-22-17-4-2-1-3-15(16)17/h1-8,11,20,22H,9-10,12H2,(H,21,24). The third kappa shape index (κ3) is 4.64. The normalized spacial score (nSPS) is 10.4. The molecule has 3 aromatic rings. The number of nitrogens with one attached hydrogen (secondary N) is 3. The van der Waals surface area contributed by atoms with Gasteiger partial charge in [-0.3, -0.25) is 14.9 Å². The van der Waals surface area contributed by atoms with Gasteiger partial charge in [0.05, 0.1) is 10.5 Å². The summed E-state index contributed by atoms with van der Waals surface area (Å²) >= 11 is 0. The number of benzene rings is 2. The molecule has 0 aliphatic rings. The van der Waals surface area contributed by atoms with Crippen molar-refractivity contribution in [3.05, 3.63) is 70.4 Å². The molecule has 0 aliphatic heterocycles. The van der Waals surface area contributed by atoms with Crippen LogP contribution in [0.5, 0.6) is 0 Å². The second kappa shape index (κ2) is 8.67. The van der Waals surface area contributed by atoms with E-state index in [4.69, 9.17) is 4.74 Å². The number of rotatable bonds is 8. The molecular formula is C19H18N4O5. The Hall–Kier alpha value is -3.88. The maximum atomic E-state index is 12.1. The fourth-order valence-electron chi connectivity index (χ4n) is 2.61. The summed E-state index contributed by atoms with van der Waals surface area (Å²) in [5.41, 5.74) is 1.90. The van der Waals surface area contributed by atoms with E-state index in [0.717, 1.165) is 10.9 Å². The molecule has 9 heteroatoms. The van der Waals surface area contributed by atoms with E-state index in [-0.39, 0.29) is 12.3 Å². The Balaban J connectivity index is 1.38. The average molecular weight is 382 g/mol. The fourth-order valence-corrected chi connectivity index (χ4v) is 2.61. The molecule has 1 amide bonds. The van der Waals surface area contributed by atoms with Crippen LogP contribution in [0.1, 0.15) is 10.4 Å². The zero-order valence-corrected chi connectivity index (χ0v) is 14.8. The quantitative estimate of drug-likeness (QED) is 0.238.